The second kappa shape index (κ2) is 27.1. The van der Waals surface area contributed by atoms with Gasteiger partial charge in [-0.1, -0.05) is 161 Å². The summed E-state index contributed by atoms with van der Waals surface area (Å²) in [6, 6.07) is 21.0. The Hall–Kier alpha value is -7.87. The van der Waals surface area contributed by atoms with Crippen molar-refractivity contribution in [2.24, 2.45) is 0 Å². The number of halogens is 24. The summed E-state index contributed by atoms with van der Waals surface area (Å²) in [4.78, 5) is 0. The summed E-state index contributed by atoms with van der Waals surface area (Å²) in [5, 5.41) is 2.32. The van der Waals surface area contributed by atoms with E-state index in [1.165, 1.54) is 67.9 Å². The number of ether oxygens (including phenoxy) is 1. The molecule has 7 aromatic carbocycles. The minimum atomic E-state index is -6.13. The van der Waals surface area contributed by atoms with Crippen LogP contribution < -0.4 is 31.2 Å². The van der Waals surface area contributed by atoms with Gasteiger partial charge in [-0.3, -0.25) is 0 Å². The molecular weight excluding hydrogens is 1270 g/mol. The highest BCUT2D eigenvalue weighted by atomic mass is 19.4. The maximum atomic E-state index is 14.2. The normalized spacial score (nSPS) is 13.1. The lowest BCUT2D eigenvalue weighted by molar-refractivity contribution is -0.691. The predicted octanol–water partition coefficient (Wildman–Crippen LogP) is 19.9. The smallest absolute Gasteiger partial charge is 0.405 e. The molecule has 0 fully saturated rings. The summed E-state index contributed by atoms with van der Waals surface area (Å²) in [6.45, 7) is 3.05. The second-order valence-electron chi connectivity index (χ2n) is 21.5. The third-order valence-electron chi connectivity index (χ3n) is 15.0. The zero-order valence-electron chi connectivity index (χ0n) is 47.2. The lowest BCUT2D eigenvalue weighted by Gasteiger charge is -2.46. The summed E-state index contributed by atoms with van der Waals surface area (Å²) < 4.78 is 350. The number of aryl methyl sites for hydroxylation is 1. The Balaban J connectivity index is 0.000000293. The average molecular weight is 1320 g/mol. The molecule has 488 valence electrons. The molecule has 0 radical (unpaired) electrons. The van der Waals surface area contributed by atoms with Crippen molar-refractivity contribution < 1.29 is 115 Å². The zero-order valence-corrected chi connectivity index (χ0v) is 47.2. The van der Waals surface area contributed by atoms with Crippen molar-refractivity contribution in [3.8, 4) is 11.6 Å². The number of rotatable bonds is 17. The number of pyridine rings is 1. The number of unbranched alkanes of at least 4 members (excludes halogenated alkanes) is 7. The van der Waals surface area contributed by atoms with E-state index in [9.17, 15) is 105 Å². The molecule has 27 heteroatoms. The summed E-state index contributed by atoms with van der Waals surface area (Å²) in [7, 11) is 0. The second-order valence-corrected chi connectivity index (χ2v) is 21.5. The quantitative estimate of drug-likeness (QED) is 0.0383. The molecular formula is C64H50BF24NO. The van der Waals surface area contributed by atoms with Crippen LogP contribution in [0, 0.1) is 0 Å². The number of benzene rings is 7. The third-order valence-corrected chi connectivity index (χ3v) is 15.0. The minimum Gasteiger partial charge on any atom is -0.405 e. The van der Waals surface area contributed by atoms with Gasteiger partial charge in [0.25, 0.3) is 0 Å². The van der Waals surface area contributed by atoms with Gasteiger partial charge in [0.05, 0.1) is 49.9 Å². The maximum Gasteiger partial charge on any atom is 0.416 e. The highest BCUT2D eigenvalue weighted by Gasteiger charge is 2.47. The lowest BCUT2D eigenvalue weighted by atomic mass is 9.12. The molecule has 8 aromatic rings. The molecule has 0 aliphatic carbocycles. The van der Waals surface area contributed by atoms with E-state index in [-0.39, 0.29) is 0 Å². The van der Waals surface area contributed by atoms with Crippen LogP contribution in [0.2, 0.25) is 0 Å². The van der Waals surface area contributed by atoms with Crippen LogP contribution in [-0.4, -0.2) is 6.15 Å². The first-order chi connectivity index (χ1) is 42.1. The molecule has 0 unspecified atom stereocenters. The molecule has 0 bridgehead atoms. The van der Waals surface area contributed by atoms with E-state index in [4.69, 9.17) is 4.74 Å². The molecule has 2 nitrogen and oxygen atoms in total. The first-order valence-corrected chi connectivity index (χ1v) is 27.7. The Bertz CT molecular complexity index is 3330. The van der Waals surface area contributed by atoms with Gasteiger partial charge in [0.15, 0.2) is 12.7 Å². The molecule has 91 heavy (non-hydrogen) atoms. The summed E-state index contributed by atoms with van der Waals surface area (Å²) in [5.74, 6) is 1.77. The van der Waals surface area contributed by atoms with E-state index in [1.807, 2.05) is 0 Å². The van der Waals surface area contributed by atoms with Crippen LogP contribution in [-0.2, 0) is 62.4 Å². The van der Waals surface area contributed by atoms with Gasteiger partial charge < -0.3 is 4.74 Å². The van der Waals surface area contributed by atoms with Crippen molar-refractivity contribution in [1.29, 1.82) is 0 Å². The number of hydrogen-bond acceptors (Lipinski definition) is 1. The van der Waals surface area contributed by atoms with Crippen LogP contribution in [0.25, 0.3) is 10.8 Å². The predicted molar refractivity (Wildman–Crippen MR) is 293 cm³/mol. The van der Waals surface area contributed by atoms with Crippen LogP contribution in [0.15, 0.2) is 164 Å². The standard InChI is InChI=1S/C32H12BF24.C32H38NO/c34-25(35,36)13-1-14(26(37,38)39)6-21(5-13)33(22-7-15(27(40,41)42)2-16(8-22)28(43,44)45,23-9-17(29(46,47)48)3-18(10-23)30(49,50)51)24-11-19(31(52,53)54)4-20(12-24)32(55,56)57;1-2-3-4-5-6-7-8-10-15-27-20-22-30(23-21-27)34-32-31-19-14-13-18-29(31)24-25-33(32)26-28-16-11-9-12-17-28/h1-12H;9,11-14,16-25H,2-8,10,15,26H2,1H3/q-1;+1. The molecule has 0 atom stereocenters. The summed E-state index contributed by atoms with van der Waals surface area (Å²) in [6.07, 6.45) is -40.6. The van der Waals surface area contributed by atoms with E-state index in [2.05, 4.69) is 103 Å². The number of nitrogens with zero attached hydrogens (tertiary/aromatic N) is 1. The fraction of sp³-hybridized carbons (Fsp3) is 0.297. The molecule has 1 heterocycles. The van der Waals surface area contributed by atoms with Crippen molar-refractivity contribution in [3.05, 3.63) is 220 Å². The molecule has 0 aliphatic rings. The number of aromatic nitrogens is 1. The minimum absolute atomic E-state index is 0.691. The largest absolute Gasteiger partial charge is 0.416 e. The highest BCUT2D eigenvalue weighted by Crippen LogP contribution is 2.42. The molecule has 1 aromatic heterocycles. The summed E-state index contributed by atoms with van der Waals surface area (Å²) >= 11 is 0. The van der Waals surface area contributed by atoms with Gasteiger partial charge in [0.1, 0.15) is 11.9 Å². The van der Waals surface area contributed by atoms with E-state index in [1.54, 1.807) is 0 Å². The van der Waals surface area contributed by atoms with Gasteiger partial charge in [-0.2, -0.15) is 132 Å². The van der Waals surface area contributed by atoms with Crippen LogP contribution in [0.5, 0.6) is 11.6 Å². The Morgan fingerprint density at radius 1 is 0.330 bits per heavy atom. The Morgan fingerprint density at radius 2 is 0.648 bits per heavy atom. The topological polar surface area (TPSA) is 13.1 Å². The van der Waals surface area contributed by atoms with Crippen molar-refractivity contribution in [3.63, 3.8) is 0 Å². The monoisotopic (exact) mass is 1320 g/mol. The van der Waals surface area contributed by atoms with Crippen LogP contribution in [0.3, 0.4) is 0 Å². The molecule has 0 saturated heterocycles. The van der Waals surface area contributed by atoms with Crippen LogP contribution in [0.4, 0.5) is 105 Å². The average Bonchev–Trinajstić information content (AvgIpc) is 0.711. The number of hydrogen-bond donors (Lipinski definition) is 0. The van der Waals surface area contributed by atoms with E-state index < -0.39 is 195 Å². The molecule has 0 saturated carbocycles. The Kier molecular flexibility index (Phi) is 21.1. The highest BCUT2D eigenvalue weighted by molar-refractivity contribution is 7.20. The van der Waals surface area contributed by atoms with Crippen molar-refractivity contribution >= 4 is 38.8 Å². The molecule has 0 N–H and O–H groups in total. The Morgan fingerprint density at radius 3 is 0.989 bits per heavy atom. The van der Waals surface area contributed by atoms with Gasteiger partial charge >= 0.3 is 55.3 Å². The lowest BCUT2D eigenvalue weighted by Crippen LogP contribution is -2.75. The van der Waals surface area contributed by atoms with Gasteiger partial charge in [0.2, 0.25) is 0 Å². The van der Waals surface area contributed by atoms with Crippen LogP contribution in [0.1, 0.15) is 114 Å². The SMILES string of the molecule is CCCCCCCCCCc1ccc(Oc2c3ccccc3cc[n+]2Cc2ccccc2)cc1.FC(F)(F)c1cc([B-](c2cc(C(F)(F)F)cc(C(F)(F)F)c2)(c2cc(C(F)(F)F)cc(C(F)(F)F)c2)c2cc(C(F)(F)F)cc(C(F)(F)F)c2)cc(C(F)(F)F)c1. The number of fused-ring (bicyclic) bond motifs is 1. The van der Waals surface area contributed by atoms with Crippen LogP contribution >= 0.6 is 0 Å². The van der Waals surface area contributed by atoms with Crippen molar-refractivity contribution in [1.82, 2.24) is 0 Å². The zero-order chi connectivity index (χ0) is 67.3. The van der Waals surface area contributed by atoms with Gasteiger partial charge in [-0.05, 0) is 66.3 Å². The van der Waals surface area contributed by atoms with E-state index >= 15 is 0 Å². The maximum absolute atomic E-state index is 14.2. The summed E-state index contributed by atoms with van der Waals surface area (Å²) in [5.41, 5.74) is -27.6. The first-order valence-electron chi connectivity index (χ1n) is 27.7. The van der Waals surface area contributed by atoms with Crippen molar-refractivity contribution in [2.75, 3.05) is 0 Å². The van der Waals surface area contributed by atoms with E-state index in [0.29, 0.717) is 0 Å². The molecule has 8 rings (SSSR count). The van der Waals surface area contributed by atoms with Crippen molar-refractivity contribution in [2.45, 2.75) is 121 Å². The van der Waals surface area contributed by atoms with Gasteiger partial charge in [-0.25, -0.2) is 0 Å². The fourth-order valence-electron chi connectivity index (χ4n) is 10.6. The van der Waals surface area contributed by atoms with Gasteiger partial charge in [-0.15, -0.1) is 0 Å². The third kappa shape index (κ3) is 17.8. The molecule has 0 amide bonds. The van der Waals surface area contributed by atoms with E-state index in [0.717, 1.165) is 30.0 Å². The Labute approximate surface area is 504 Å². The number of alkyl halides is 24. The fourth-order valence-corrected chi connectivity index (χ4v) is 10.6. The molecule has 0 aliphatic heterocycles. The first kappa shape index (κ1) is 70.6. The van der Waals surface area contributed by atoms with Gasteiger partial charge in [0, 0.05) is 11.6 Å². The molecule has 0 spiro atoms.